The second-order valence-electron chi connectivity index (χ2n) is 6.66. The second kappa shape index (κ2) is 9.27. The van der Waals surface area contributed by atoms with Gasteiger partial charge in [0.2, 0.25) is 11.8 Å². The molecule has 0 aliphatic carbocycles. The fourth-order valence-corrected chi connectivity index (χ4v) is 3.89. The Bertz CT molecular complexity index is 936. The lowest BCUT2D eigenvalue weighted by molar-refractivity contribution is -0.123. The highest BCUT2D eigenvalue weighted by Gasteiger charge is 2.36. The van der Waals surface area contributed by atoms with Crippen LogP contribution in [0.1, 0.15) is 18.9 Å². The summed E-state index contributed by atoms with van der Waals surface area (Å²) in [4.78, 5) is 29.0. The molecule has 1 fully saturated rings. The summed E-state index contributed by atoms with van der Waals surface area (Å²) in [7, 11) is 0. The first kappa shape index (κ1) is 21.1. The lowest BCUT2D eigenvalue weighted by Gasteiger charge is -2.26. The molecule has 1 aliphatic heterocycles. The number of anilines is 2. The fourth-order valence-electron chi connectivity index (χ4n) is 3.40. The van der Waals surface area contributed by atoms with Gasteiger partial charge in [-0.05, 0) is 49.4 Å². The van der Waals surface area contributed by atoms with Gasteiger partial charge in [-0.15, -0.1) is 0 Å². The van der Waals surface area contributed by atoms with Crippen LogP contribution < -0.4 is 10.2 Å². The van der Waals surface area contributed by atoms with Crippen molar-refractivity contribution >= 4 is 46.4 Å². The molecule has 6 nitrogen and oxygen atoms in total. The van der Waals surface area contributed by atoms with E-state index in [9.17, 15) is 9.59 Å². The van der Waals surface area contributed by atoms with E-state index in [1.165, 1.54) is 0 Å². The average molecular weight is 431 g/mol. The first-order valence-electron chi connectivity index (χ1n) is 9.24. The Labute approximate surface area is 179 Å². The summed E-state index contributed by atoms with van der Waals surface area (Å²) in [5.41, 5.74) is 1.66. The van der Waals surface area contributed by atoms with Gasteiger partial charge in [-0.2, -0.15) is 5.26 Å². The Morgan fingerprint density at radius 2 is 1.90 bits per heavy atom. The SMILES string of the molecule is CCN(CC(=O)Nc1c(Cl)cccc1Cl)C1CCN(c2ccc(C#N)cc2)C1=O. The van der Waals surface area contributed by atoms with Crippen LogP contribution in [0.3, 0.4) is 0 Å². The lowest BCUT2D eigenvalue weighted by Crippen LogP contribution is -2.45. The van der Waals surface area contributed by atoms with Crippen molar-refractivity contribution in [3.8, 4) is 6.07 Å². The zero-order valence-corrected chi connectivity index (χ0v) is 17.4. The molecule has 1 aliphatic rings. The highest BCUT2D eigenvalue weighted by molar-refractivity contribution is 6.39. The normalized spacial score (nSPS) is 16.2. The third kappa shape index (κ3) is 4.70. The van der Waals surface area contributed by atoms with Gasteiger partial charge in [-0.3, -0.25) is 14.5 Å². The topological polar surface area (TPSA) is 76.4 Å². The second-order valence-corrected chi connectivity index (χ2v) is 7.48. The van der Waals surface area contributed by atoms with Crippen molar-refractivity contribution in [1.82, 2.24) is 4.90 Å². The predicted molar refractivity (Wildman–Crippen MR) is 114 cm³/mol. The van der Waals surface area contributed by atoms with Crippen molar-refractivity contribution in [2.24, 2.45) is 0 Å². The van der Waals surface area contributed by atoms with Gasteiger partial charge in [0.15, 0.2) is 0 Å². The molecular formula is C21H20Cl2N4O2. The van der Waals surface area contributed by atoms with Crippen LogP contribution in [-0.4, -0.2) is 42.4 Å². The number of halogens is 2. The van der Waals surface area contributed by atoms with Crippen LogP contribution in [-0.2, 0) is 9.59 Å². The zero-order valence-electron chi connectivity index (χ0n) is 15.9. The minimum Gasteiger partial charge on any atom is -0.322 e. The van der Waals surface area contributed by atoms with Crippen LogP contribution in [0.15, 0.2) is 42.5 Å². The number of amides is 2. The molecule has 1 saturated heterocycles. The minimum absolute atomic E-state index is 0.0513. The zero-order chi connectivity index (χ0) is 21.0. The fraction of sp³-hybridized carbons (Fsp3) is 0.286. The molecule has 29 heavy (non-hydrogen) atoms. The van der Waals surface area contributed by atoms with E-state index in [-0.39, 0.29) is 24.4 Å². The Balaban J connectivity index is 1.67. The quantitative estimate of drug-likeness (QED) is 0.752. The van der Waals surface area contributed by atoms with Crippen molar-refractivity contribution in [2.45, 2.75) is 19.4 Å². The van der Waals surface area contributed by atoms with Gasteiger partial charge in [0.25, 0.3) is 0 Å². The van der Waals surface area contributed by atoms with Crippen molar-refractivity contribution < 1.29 is 9.59 Å². The van der Waals surface area contributed by atoms with Crippen molar-refractivity contribution in [3.63, 3.8) is 0 Å². The van der Waals surface area contributed by atoms with E-state index in [4.69, 9.17) is 28.5 Å². The third-order valence-corrected chi connectivity index (χ3v) is 5.54. The number of para-hydroxylation sites is 1. The van der Waals surface area contributed by atoms with Crippen LogP contribution in [0.4, 0.5) is 11.4 Å². The predicted octanol–water partition coefficient (Wildman–Crippen LogP) is 3.93. The van der Waals surface area contributed by atoms with Gasteiger partial charge in [0.05, 0.1) is 40.0 Å². The Kier molecular flexibility index (Phi) is 6.75. The van der Waals surface area contributed by atoms with E-state index in [0.29, 0.717) is 40.8 Å². The summed E-state index contributed by atoms with van der Waals surface area (Å²) >= 11 is 12.2. The summed E-state index contributed by atoms with van der Waals surface area (Å²) in [5, 5.41) is 12.4. The van der Waals surface area contributed by atoms with Crippen LogP contribution in [0, 0.1) is 11.3 Å². The largest absolute Gasteiger partial charge is 0.322 e. The highest BCUT2D eigenvalue weighted by atomic mass is 35.5. The molecule has 1 atom stereocenters. The number of carbonyl (C=O) groups is 2. The molecule has 2 amide bonds. The molecule has 150 valence electrons. The number of rotatable bonds is 6. The number of hydrogen-bond donors (Lipinski definition) is 1. The van der Waals surface area contributed by atoms with Gasteiger partial charge in [0, 0.05) is 12.2 Å². The molecule has 3 rings (SSSR count). The number of hydrogen-bond acceptors (Lipinski definition) is 4. The first-order chi connectivity index (χ1) is 13.9. The van der Waals surface area contributed by atoms with Crippen LogP contribution in [0.5, 0.6) is 0 Å². The molecule has 1 unspecified atom stereocenters. The number of nitrogens with zero attached hydrogens (tertiary/aromatic N) is 3. The Morgan fingerprint density at radius 3 is 2.48 bits per heavy atom. The first-order valence-corrected chi connectivity index (χ1v) is 9.99. The molecule has 0 radical (unpaired) electrons. The molecule has 0 saturated carbocycles. The summed E-state index contributed by atoms with van der Waals surface area (Å²) < 4.78 is 0. The molecule has 8 heteroatoms. The molecule has 0 spiro atoms. The summed E-state index contributed by atoms with van der Waals surface area (Å²) in [6.07, 6.45) is 0.618. The number of benzene rings is 2. The van der Waals surface area contributed by atoms with E-state index in [0.717, 1.165) is 5.69 Å². The van der Waals surface area contributed by atoms with Crippen LogP contribution >= 0.6 is 23.2 Å². The standard InChI is InChI=1S/C21H20Cl2N4O2/c1-2-26(13-19(28)25-20-16(22)4-3-5-17(20)23)18-10-11-27(21(18)29)15-8-6-14(12-24)7-9-15/h3-9,18H,2,10-11,13H2,1H3,(H,25,28). The Hall–Kier alpha value is -2.59. The lowest BCUT2D eigenvalue weighted by atomic mass is 10.2. The van der Waals surface area contributed by atoms with Gasteiger partial charge in [-0.25, -0.2) is 0 Å². The monoisotopic (exact) mass is 430 g/mol. The number of nitriles is 1. The molecule has 2 aromatic carbocycles. The van der Waals surface area contributed by atoms with Crippen molar-refractivity contribution in [2.75, 3.05) is 29.9 Å². The van der Waals surface area contributed by atoms with E-state index in [2.05, 4.69) is 11.4 Å². The maximum Gasteiger partial charge on any atom is 0.244 e. The van der Waals surface area contributed by atoms with Crippen LogP contribution in [0.25, 0.3) is 0 Å². The summed E-state index contributed by atoms with van der Waals surface area (Å²) in [6, 6.07) is 13.6. The minimum atomic E-state index is -0.386. The maximum atomic E-state index is 13.0. The van der Waals surface area contributed by atoms with E-state index in [1.54, 1.807) is 47.4 Å². The van der Waals surface area contributed by atoms with Crippen molar-refractivity contribution in [1.29, 1.82) is 5.26 Å². The molecule has 0 bridgehead atoms. The van der Waals surface area contributed by atoms with E-state index in [1.807, 2.05) is 11.8 Å². The molecule has 2 aromatic rings. The third-order valence-electron chi connectivity index (χ3n) is 4.91. The van der Waals surface area contributed by atoms with Gasteiger partial charge >= 0.3 is 0 Å². The molecule has 1 heterocycles. The summed E-state index contributed by atoms with van der Waals surface area (Å²) in [6.45, 7) is 3.06. The Morgan fingerprint density at radius 1 is 1.24 bits per heavy atom. The highest BCUT2D eigenvalue weighted by Crippen LogP contribution is 2.30. The van der Waals surface area contributed by atoms with Crippen LogP contribution in [0.2, 0.25) is 10.0 Å². The number of carbonyl (C=O) groups excluding carboxylic acids is 2. The molecule has 0 aromatic heterocycles. The van der Waals surface area contributed by atoms with Crippen molar-refractivity contribution in [3.05, 3.63) is 58.1 Å². The van der Waals surface area contributed by atoms with Gasteiger partial charge in [-0.1, -0.05) is 36.2 Å². The summed E-state index contributed by atoms with van der Waals surface area (Å²) in [5.74, 6) is -0.341. The smallest absolute Gasteiger partial charge is 0.244 e. The van der Waals surface area contributed by atoms with Gasteiger partial charge < -0.3 is 10.2 Å². The molecule has 1 N–H and O–H groups in total. The molecular weight excluding hydrogens is 411 g/mol. The van der Waals surface area contributed by atoms with E-state index >= 15 is 0 Å². The number of nitrogens with one attached hydrogen (secondary N) is 1. The average Bonchev–Trinajstić information content (AvgIpc) is 3.10. The van der Waals surface area contributed by atoms with Gasteiger partial charge in [0.1, 0.15) is 0 Å². The number of likely N-dealkylation sites (N-methyl/N-ethyl adjacent to an activating group) is 1. The maximum absolute atomic E-state index is 13.0. The van der Waals surface area contributed by atoms with E-state index < -0.39 is 0 Å².